The summed E-state index contributed by atoms with van der Waals surface area (Å²) in [6.07, 6.45) is 4.97. The summed E-state index contributed by atoms with van der Waals surface area (Å²) in [5, 5.41) is 0. The molecule has 1 saturated carbocycles. The van der Waals surface area contributed by atoms with Crippen LogP contribution in [0.25, 0.3) is 11.1 Å². The number of hydrogen-bond donors (Lipinski definition) is 0. The second-order valence-corrected chi connectivity index (χ2v) is 11.7. The normalized spacial score (nSPS) is 15.1. The molecule has 0 spiro atoms. The third-order valence-electron chi connectivity index (χ3n) is 7.30. The maximum atomic E-state index is 13.2. The lowest BCUT2D eigenvalue weighted by atomic mass is 9.98. The lowest BCUT2D eigenvalue weighted by Gasteiger charge is -2.33. The highest BCUT2D eigenvalue weighted by atomic mass is 32.2. The van der Waals surface area contributed by atoms with Crippen molar-refractivity contribution >= 4 is 17.7 Å². The molecule has 3 aromatic rings. The van der Waals surface area contributed by atoms with E-state index in [9.17, 15) is 4.79 Å². The Labute approximate surface area is 220 Å². The minimum atomic E-state index is -1.06. The standard InChI is InChI=1S/C32H38O3S/c1-7-32(18-12-13-19-32)35-30(33)31(5,6)34-29-23(3)20-25(21-24(29)4)36-28-17-11-10-16-27(28)26-15-9-8-14-22(26)2/h8-11,14-17,20-21H,7,12-13,18-19H2,1-6H3. The van der Waals surface area contributed by atoms with Crippen LogP contribution < -0.4 is 4.74 Å². The van der Waals surface area contributed by atoms with Crippen LogP contribution in [0, 0.1) is 20.8 Å². The first kappa shape index (κ1) is 26.3. The van der Waals surface area contributed by atoms with E-state index in [1.165, 1.54) is 21.6 Å². The fourth-order valence-electron chi connectivity index (χ4n) is 5.07. The van der Waals surface area contributed by atoms with Gasteiger partial charge in [-0.2, -0.15) is 0 Å². The molecule has 0 saturated heterocycles. The summed E-state index contributed by atoms with van der Waals surface area (Å²) < 4.78 is 12.4. The lowest BCUT2D eigenvalue weighted by molar-refractivity contribution is -0.175. The topological polar surface area (TPSA) is 35.5 Å². The molecule has 0 atom stereocenters. The molecule has 1 aliphatic rings. The van der Waals surface area contributed by atoms with Crippen LogP contribution in [0.4, 0.5) is 0 Å². The van der Waals surface area contributed by atoms with Gasteiger partial charge in [0.2, 0.25) is 0 Å². The Balaban J connectivity index is 1.55. The molecular formula is C32H38O3S. The molecule has 1 aliphatic carbocycles. The van der Waals surface area contributed by atoms with E-state index in [0.717, 1.165) is 53.9 Å². The molecule has 3 nitrogen and oxygen atoms in total. The van der Waals surface area contributed by atoms with Crippen molar-refractivity contribution in [1.29, 1.82) is 0 Å². The van der Waals surface area contributed by atoms with Crippen LogP contribution in [-0.2, 0) is 9.53 Å². The lowest BCUT2D eigenvalue weighted by Crippen LogP contribution is -2.45. The minimum Gasteiger partial charge on any atom is -0.476 e. The van der Waals surface area contributed by atoms with Gasteiger partial charge in [0.25, 0.3) is 0 Å². The molecule has 0 aliphatic heterocycles. The van der Waals surface area contributed by atoms with Crippen LogP contribution in [-0.4, -0.2) is 17.2 Å². The smallest absolute Gasteiger partial charge is 0.350 e. The molecule has 0 heterocycles. The number of carbonyl (C=O) groups is 1. The first-order chi connectivity index (χ1) is 17.1. The van der Waals surface area contributed by atoms with Gasteiger partial charge in [-0.15, -0.1) is 0 Å². The summed E-state index contributed by atoms with van der Waals surface area (Å²) in [4.78, 5) is 15.5. The van der Waals surface area contributed by atoms with Gasteiger partial charge in [0.15, 0.2) is 5.60 Å². The second-order valence-electron chi connectivity index (χ2n) is 10.5. The number of rotatable bonds is 8. The van der Waals surface area contributed by atoms with Crippen molar-refractivity contribution in [1.82, 2.24) is 0 Å². The predicted molar refractivity (Wildman–Crippen MR) is 149 cm³/mol. The van der Waals surface area contributed by atoms with E-state index in [-0.39, 0.29) is 11.6 Å². The molecule has 3 aromatic carbocycles. The summed E-state index contributed by atoms with van der Waals surface area (Å²) in [6.45, 7) is 12.0. The zero-order valence-electron chi connectivity index (χ0n) is 22.4. The Hall–Kier alpha value is -2.72. The Morgan fingerprint density at radius 2 is 1.47 bits per heavy atom. The zero-order valence-corrected chi connectivity index (χ0v) is 23.3. The fourth-order valence-corrected chi connectivity index (χ4v) is 6.23. The van der Waals surface area contributed by atoms with Crippen LogP contribution in [0.2, 0.25) is 0 Å². The van der Waals surface area contributed by atoms with Crippen LogP contribution >= 0.6 is 11.8 Å². The molecule has 36 heavy (non-hydrogen) atoms. The van der Waals surface area contributed by atoms with Crippen molar-refractivity contribution in [3.05, 3.63) is 77.4 Å². The van der Waals surface area contributed by atoms with E-state index in [1.807, 2.05) is 27.7 Å². The van der Waals surface area contributed by atoms with Crippen LogP contribution in [0.15, 0.2) is 70.5 Å². The molecular weight excluding hydrogens is 464 g/mol. The van der Waals surface area contributed by atoms with Crippen molar-refractivity contribution < 1.29 is 14.3 Å². The predicted octanol–water partition coefficient (Wildman–Crippen LogP) is 8.85. The molecule has 1 fully saturated rings. The van der Waals surface area contributed by atoms with Gasteiger partial charge in [-0.1, -0.05) is 61.2 Å². The summed E-state index contributed by atoms with van der Waals surface area (Å²) in [7, 11) is 0. The molecule has 0 aromatic heterocycles. The Morgan fingerprint density at radius 3 is 2.08 bits per heavy atom. The van der Waals surface area contributed by atoms with Gasteiger partial charge in [-0.3, -0.25) is 0 Å². The highest BCUT2D eigenvalue weighted by Crippen LogP contribution is 2.41. The second kappa shape index (κ2) is 10.7. The fraction of sp³-hybridized carbons (Fsp3) is 0.406. The molecule has 0 N–H and O–H groups in total. The van der Waals surface area contributed by atoms with Gasteiger partial charge >= 0.3 is 5.97 Å². The number of carbonyl (C=O) groups excluding carboxylic acids is 1. The quantitative estimate of drug-likeness (QED) is 0.288. The number of esters is 1. The highest BCUT2D eigenvalue weighted by molar-refractivity contribution is 7.99. The van der Waals surface area contributed by atoms with Crippen molar-refractivity contribution in [2.45, 2.75) is 94.6 Å². The molecule has 0 bridgehead atoms. The van der Waals surface area contributed by atoms with E-state index < -0.39 is 5.60 Å². The van der Waals surface area contributed by atoms with Crippen LogP contribution in [0.3, 0.4) is 0 Å². The molecule has 0 unspecified atom stereocenters. The van der Waals surface area contributed by atoms with Gasteiger partial charge in [0, 0.05) is 9.79 Å². The maximum absolute atomic E-state index is 13.2. The molecule has 4 heteroatoms. The Morgan fingerprint density at radius 1 is 0.889 bits per heavy atom. The third-order valence-corrected chi connectivity index (χ3v) is 8.35. The number of hydrogen-bond acceptors (Lipinski definition) is 4. The molecule has 190 valence electrons. The molecule has 0 radical (unpaired) electrons. The minimum absolute atomic E-state index is 0.282. The Bertz CT molecular complexity index is 1210. The van der Waals surface area contributed by atoms with Gasteiger partial charge in [-0.05, 0) is 113 Å². The van der Waals surface area contributed by atoms with E-state index in [4.69, 9.17) is 9.47 Å². The molecule has 0 amide bonds. The maximum Gasteiger partial charge on any atom is 0.350 e. The van der Waals surface area contributed by atoms with Crippen LogP contribution in [0.1, 0.15) is 69.6 Å². The van der Waals surface area contributed by atoms with Gasteiger partial charge in [0.1, 0.15) is 11.4 Å². The van der Waals surface area contributed by atoms with E-state index >= 15 is 0 Å². The number of aryl methyl sites for hydroxylation is 3. The first-order valence-corrected chi connectivity index (χ1v) is 13.8. The Kier molecular flexibility index (Phi) is 7.85. The van der Waals surface area contributed by atoms with E-state index in [2.05, 4.69) is 74.5 Å². The highest BCUT2D eigenvalue weighted by Gasteiger charge is 2.41. The molecule has 4 rings (SSSR count). The van der Waals surface area contributed by atoms with Crippen molar-refractivity contribution in [3.8, 4) is 16.9 Å². The summed E-state index contributed by atoms with van der Waals surface area (Å²) in [6, 6.07) is 21.3. The monoisotopic (exact) mass is 502 g/mol. The third kappa shape index (κ3) is 5.64. The van der Waals surface area contributed by atoms with Crippen molar-refractivity contribution in [3.63, 3.8) is 0 Å². The summed E-state index contributed by atoms with van der Waals surface area (Å²) >= 11 is 1.76. The largest absolute Gasteiger partial charge is 0.476 e. The summed E-state index contributed by atoms with van der Waals surface area (Å²) in [5.41, 5.74) is 4.38. The summed E-state index contributed by atoms with van der Waals surface area (Å²) in [5.74, 6) is 0.473. The number of ether oxygens (including phenoxy) is 2. The van der Waals surface area contributed by atoms with Gasteiger partial charge < -0.3 is 9.47 Å². The first-order valence-electron chi connectivity index (χ1n) is 13.0. The number of benzene rings is 3. The van der Waals surface area contributed by atoms with E-state index in [0.29, 0.717) is 0 Å². The van der Waals surface area contributed by atoms with Crippen molar-refractivity contribution in [2.24, 2.45) is 0 Å². The SMILES string of the molecule is CCC1(OC(=O)C(C)(C)Oc2c(C)cc(Sc3ccccc3-c3ccccc3C)cc2C)CCCC1. The van der Waals surface area contributed by atoms with Crippen molar-refractivity contribution in [2.75, 3.05) is 0 Å². The van der Waals surface area contributed by atoms with Crippen LogP contribution in [0.5, 0.6) is 5.75 Å². The van der Waals surface area contributed by atoms with Gasteiger partial charge in [-0.25, -0.2) is 4.79 Å². The van der Waals surface area contributed by atoms with Gasteiger partial charge in [0.05, 0.1) is 0 Å². The average molecular weight is 503 g/mol. The zero-order chi connectivity index (χ0) is 25.9. The van der Waals surface area contributed by atoms with E-state index in [1.54, 1.807) is 11.8 Å². The average Bonchev–Trinajstić information content (AvgIpc) is 3.31.